The normalized spacial score (nSPS) is 12.4. The third kappa shape index (κ3) is 3.23. The second-order valence-corrected chi connectivity index (χ2v) is 5.82. The molecule has 0 aliphatic rings. The molecule has 5 nitrogen and oxygen atoms in total. The maximum atomic E-state index is 12.9. The molecule has 1 aromatic carbocycles. The van der Waals surface area contributed by atoms with E-state index in [1.807, 2.05) is 4.72 Å². The molecule has 0 saturated carbocycles. The zero-order chi connectivity index (χ0) is 14.1. The minimum Gasteiger partial charge on any atom is -0.480 e. The number of nitrogens with one attached hydrogen (secondary N) is 1. The molecule has 0 spiro atoms. The van der Waals surface area contributed by atoms with Crippen LogP contribution in [0, 0.1) is 11.6 Å². The van der Waals surface area contributed by atoms with Crippen molar-refractivity contribution in [3.8, 4) is 0 Å². The summed E-state index contributed by atoms with van der Waals surface area (Å²) in [6.07, 6.45) is 0. The summed E-state index contributed by atoms with van der Waals surface area (Å²) in [5, 5.41) is 8.79. The van der Waals surface area contributed by atoms with Gasteiger partial charge in [-0.15, -0.1) is 0 Å². The maximum absolute atomic E-state index is 12.9. The lowest BCUT2D eigenvalue weighted by molar-refractivity contribution is -0.142. The van der Waals surface area contributed by atoms with Crippen LogP contribution < -0.4 is 4.72 Å². The van der Waals surface area contributed by atoms with Crippen LogP contribution in [-0.4, -0.2) is 25.0 Å². The SMILES string of the molecule is CC(C)(NS(=O)(=O)c1cc(F)cc(F)c1)C(=O)O. The van der Waals surface area contributed by atoms with E-state index in [1.54, 1.807) is 0 Å². The number of carboxylic acid groups (broad SMARTS) is 1. The van der Waals surface area contributed by atoms with Crippen LogP contribution >= 0.6 is 0 Å². The number of benzene rings is 1. The van der Waals surface area contributed by atoms with E-state index >= 15 is 0 Å². The standard InChI is InChI=1S/C10H11F2NO4S/c1-10(2,9(14)15)13-18(16,17)8-4-6(11)3-7(12)5-8/h3-5,13H,1-2H3,(H,14,15). The number of rotatable bonds is 4. The van der Waals surface area contributed by atoms with Gasteiger partial charge in [-0.25, -0.2) is 17.2 Å². The van der Waals surface area contributed by atoms with E-state index in [4.69, 9.17) is 5.11 Å². The minimum absolute atomic E-state index is 0.515. The van der Waals surface area contributed by atoms with Crippen molar-refractivity contribution in [2.75, 3.05) is 0 Å². The van der Waals surface area contributed by atoms with Crippen molar-refractivity contribution >= 4 is 16.0 Å². The zero-order valence-corrected chi connectivity index (χ0v) is 10.4. The summed E-state index contributed by atoms with van der Waals surface area (Å²) in [5.74, 6) is -3.55. The Bertz CT molecular complexity index is 563. The van der Waals surface area contributed by atoms with Crippen molar-refractivity contribution < 1.29 is 27.1 Å². The van der Waals surface area contributed by atoms with Gasteiger partial charge in [0.15, 0.2) is 0 Å². The van der Waals surface area contributed by atoms with Gasteiger partial charge < -0.3 is 5.11 Å². The molecule has 18 heavy (non-hydrogen) atoms. The van der Waals surface area contributed by atoms with Crippen LogP contribution in [0.3, 0.4) is 0 Å². The van der Waals surface area contributed by atoms with E-state index < -0.39 is 38.1 Å². The molecule has 100 valence electrons. The molecule has 0 unspecified atom stereocenters. The summed E-state index contributed by atoms with van der Waals surface area (Å²) in [6.45, 7) is 2.23. The summed E-state index contributed by atoms with van der Waals surface area (Å²) < 4.78 is 51.1. The van der Waals surface area contributed by atoms with E-state index in [2.05, 4.69) is 0 Å². The Kier molecular flexibility index (Phi) is 3.72. The molecule has 8 heteroatoms. The van der Waals surface area contributed by atoms with E-state index in [9.17, 15) is 22.0 Å². The fourth-order valence-corrected chi connectivity index (χ4v) is 2.53. The Morgan fingerprint density at radius 2 is 1.67 bits per heavy atom. The van der Waals surface area contributed by atoms with Gasteiger partial charge in [0.05, 0.1) is 4.90 Å². The highest BCUT2D eigenvalue weighted by molar-refractivity contribution is 7.89. The quantitative estimate of drug-likeness (QED) is 0.864. The Balaban J connectivity index is 3.19. The third-order valence-electron chi connectivity index (χ3n) is 2.07. The average molecular weight is 279 g/mol. The predicted molar refractivity (Wildman–Crippen MR) is 58.4 cm³/mol. The van der Waals surface area contributed by atoms with Crippen LogP contribution in [0.2, 0.25) is 0 Å². The zero-order valence-electron chi connectivity index (χ0n) is 9.57. The van der Waals surface area contributed by atoms with Crippen LogP contribution in [-0.2, 0) is 14.8 Å². The highest BCUT2D eigenvalue weighted by Crippen LogP contribution is 2.16. The summed E-state index contributed by atoms with van der Waals surface area (Å²) in [5.41, 5.74) is -1.79. The summed E-state index contributed by atoms with van der Waals surface area (Å²) in [4.78, 5) is 10.1. The van der Waals surface area contributed by atoms with Crippen molar-refractivity contribution in [1.82, 2.24) is 4.72 Å². The molecule has 0 atom stereocenters. The molecule has 0 fully saturated rings. The molecule has 0 radical (unpaired) electrons. The van der Waals surface area contributed by atoms with E-state index in [-0.39, 0.29) is 0 Å². The van der Waals surface area contributed by atoms with Gasteiger partial charge in [-0.1, -0.05) is 0 Å². The third-order valence-corrected chi connectivity index (χ3v) is 3.71. The van der Waals surface area contributed by atoms with Crippen molar-refractivity contribution in [1.29, 1.82) is 0 Å². The first-order valence-electron chi connectivity index (χ1n) is 4.78. The Labute approximate surface area is 102 Å². The van der Waals surface area contributed by atoms with Gasteiger partial charge in [-0.2, -0.15) is 4.72 Å². The number of hydrogen-bond acceptors (Lipinski definition) is 3. The molecule has 0 aliphatic heterocycles. The minimum atomic E-state index is -4.32. The first-order valence-corrected chi connectivity index (χ1v) is 6.26. The highest BCUT2D eigenvalue weighted by Gasteiger charge is 2.33. The molecule has 0 aromatic heterocycles. The van der Waals surface area contributed by atoms with Gasteiger partial charge in [0.2, 0.25) is 10.0 Å². The van der Waals surface area contributed by atoms with Crippen molar-refractivity contribution in [3.63, 3.8) is 0 Å². The number of hydrogen-bond donors (Lipinski definition) is 2. The first kappa shape index (κ1) is 14.5. The van der Waals surface area contributed by atoms with E-state index in [0.29, 0.717) is 18.2 Å². The topological polar surface area (TPSA) is 83.5 Å². The predicted octanol–water partition coefficient (Wildman–Crippen LogP) is 1.11. The number of sulfonamides is 1. The molecule has 0 heterocycles. The van der Waals surface area contributed by atoms with Crippen LogP contribution in [0.25, 0.3) is 0 Å². The number of aliphatic carboxylic acids is 1. The highest BCUT2D eigenvalue weighted by atomic mass is 32.2. The monoisotopic (exact) mass is 279 g/mol. The van der Waals surface area contributed by atoms with Gasteiger partial charge in [-0.05, 0) is 26.0 Å². The van der Waals surface area contributed by atoms with Crippen LogP contribution in [0.5, 0.6) is 0 Å². The number of carboxylic acids is 1. The molecular formula is C10H11F2NO4S. The maximum Gasteiger partial charge on any atom is 0.324 e. The number of halogens is 2. The Hall–Kier alpha value is -1.54. The largest absolute Gasteiger partial charge is 0.480 e. The molecular weight excluding hydrogens is 268 g/mol. The Morgan fingerprint density at radius 1 is 1.22 bits per heavy atom. The average Bonchev–Trinajstić information content (AvgIpc) is 2.13. The van der Waals surface area contributed by atoms with Crippen LogP contribution in [0.4, 0.5) is 8.78 Å². The van der Waals surface area contributed by atoms with Crippen molar-refractivity contribution in [2.24, 2.45) is 0 Å². The van der Waals surface area contributed by atoms with Crippen molar-refractivity contribution in [3.05, 3.63) is 29.8 Å². The van der Waals surface area contributed by atoms with Gasteiger partial charge in [-0.3, -0.25) is 4.79 Å². The van der Waals surface area contributed by atoms with Gasteiger partial charge >= 0.3 is 5.97 Å². The van der Waals surface area contributed by atoms with Gasteiger partial charge in [0.1, 0.15) is 17.2 Å². The second-order valence-electron chi connectivity index (χ2n) is 4.14. The van der Waals surface area contributed by atoms with Crippen LogP contribution in [0.15, 0.2) is 23.1 Å². The van der Waals surface area contributed by atoms with Gasteiger partial charge in [0, 0.05) is 6.07 Å². The fourth-order valence-electron chi connectivity index (χ4n) is 1.12. The molecule has 0 saturated heterocycles. The van der Waals surface area contributed by atoms with Gasteiger partial charge in [0.25, 0.3) is 0 Å². The molecule has 0 bridgehead atoms. The van der Waals surface area contributed by atoms with E-state index in [1.165, 1.54) is 0 Å². The lowest BCUT2D eigenvalue weighted by Gasteiger charge is -2.20. The molecule has 0 aliphatic carbocycles. The lowest BCUT2D eigenvalue weighted by atomic mass is 10.1. The Morgan fingerprint density at radius 3 is 2.06 bits per heavy atom. The number of carbonyl (C=O) groups is 1. The first-order chi connectivity index (χ1) is 8.04. The fraction of sp³-hybridized carbons (Fsp3) is 0.300. The smallest absolute Gasteiger partial charge is 0.324 e. The molecule has 2 N–H and O–H groups in total. The van der Waals surface area contributed by atoms with Crippen molar-refractivity contribution in [2.45, 2.75) is 24.3 Å². The molecule has 1 aromatic rings. The summed E-state index contributed by atoms with van der Waals surface area (Å²) >= 11 is 0. The molecule has 0 amide bonds. The summed E-state index contributed by atoms with van der Waals surface area (Å²) in [6, 6.07) is 1.72. The molecule has 1 rings (SSSR count). The van der Waals surface area contributed by atoms with Crippen LogP contribution in [0.1, 0.15) is 13.8 Å². The van der Waals surface area contributed by atoms with E-state index in [0.717, 1.165) is 13.8 Å². The summed E-state index contributed by atoms with van der Waals surface area (Å²) in [7, 11) is -4.32. The lowest BCUT2D eigenvalue weighted by Crippen LogP contribution is -2.49. The second kappa shape index (κ2) is 4.62.